The molecule has 4 rings (SSSR count). The van der Waals surface area contributed by atoms with Crippen LogP contribution in [0, 0.1) is 0 Å². The van der Waals surface area contributed by atoms with E-state index < -0.39 is 119 Å². The number of para-hydroxylation sites is 1. The van der Waals surface area contributed by atoms with Gasteiger partial charge in [-0.15, -0.1) is 0 Å². The topological polar surface area (TPSA) is 362 Å². The van der Waals surface area contributed by atoms with Crippen molar-refractivity contribution in [1.82, 2.24) is 47.5 Å². The number of aromatic nitrogens is 1. The summed E-state index contributed by atoms with van der Waals surface area (Å²) >= 11 is 0. The minimum Gasteiger partial charge on any atom is -0.716 e. The number of likely N-dealkylation sites (N-methyl/N-ethyl adjacent to an activating group) is 1. The second-order valence-electron chi connectivity index (χ2n) is 19.4. The van der Waals surface area contributed by atoms with Crippen molar-refractivity contribution >= 4 is 74.7 Å². The zero-order chi connectivity index (χ0) is 57.6. The number of rotatable bonds is 30. The molecule has 8 amide bonds. The molecule has 1 aromatic heterocycles. The van der Waals surface area contributed by atoms with Gasteiger partial charge in [0.15, 0.2) is 0 Å². The minimum absolute atomic E-state index is 0.0311. The van der Waals surface area contributed by atoms with Crippen LogP contribution in [-0.4, -0.2) is 132 Å². The van der Waals surface area contributed by atoms with Gasteiger partial charge < -0.3 is 66.1 Å². The molecule has 0 bridgehead atoms. The predicted octanol–water partition coefficient (Wildman–Crippen LogP) is 2.07. The Labute approximate surface area is 452 Å². The molecule has 0 saturated carbocycles. The van der Waals surface area contributed by atoms with Crippen molar-refractivity contribution in [3.05, 3.63) is 102 Å². The third-order valence-electron chi connectivity index (χ3n) is 11.9. The highest BCUT2D eigenvalue weighted by molar-refractivity contribution is 7.81. The molecule has 0 saturated heterocycles. The number of amides is 8. The number of H-pyrrole nitrogens is 1. The molecule has 424 valence electrons. The zero-order valence-electron chi connectivity index (χ0n) is 44.4. The van der Waals surface area contributed by atoms with E-state index in [1.165, 1.54) is 31.3 Å². The number of fused-ring (bicyclic) bond motifs is 1. The number of carboxylic acid groups (broad SMARTS) is 1. The highest BCUT2D eigenvalue weighted by Crippen LogP contribution is 2.20. The van der Waals surface area contributed by atoms with E-state index in [0.717, 1.165) is 10.9 Å². The molecule has 6 atom stereocenters. The van der Waals surface area contributed by atoms with Crippen LogP contribution in [0.2, 0.25) is 0 Å². The lowest BCUT2D eigenvalue weighted by Gasteiger charge is -2.26. The summed E-state index contributed by atoms with van der Waals surface area (Å²) in [5.41, 5.74) is 1.44. The van der Waals surface area contributed by atoms with Gasteiger partial charge >= 0.3 is 12.1 Å². The summed E-state index contributed by atoms with van der Waals surface area (Å²) in [4.78, 5) is 125. The fraction of sp³-hybridized carbons (Fsp3) is 0.453. The van der Waals surface area contributed by atoms with Crippen LogP contribution in [0.25, 0.3) is 10.9 Å². The summed E-state index contributed by atoms with van der Waals surface area (Å²) in [7, 11) is -3.70. The molecule has 0 unspecified atom stereocenters. The molecule has 0 fully saturated rings. The molecule has 1 heterocycles. The number of aromatic amines is 1. The number of carboxylic acids is 1. The lowest BCUT2D eigenvalue weighted by atomic mass is 10.0. The molecular formula is C53H70N9O15S-. The van der Waals surface area contributed by atoms with Crippen LogP contribution in [0.4, 0.5) is 4.79 Å². The first-order valence-electron chi connectivity index (χ1n) is 25.4. The Morgan fingerprint density at radius 1 is 0.615 bits per heavy atom. The number of hydrogen-bond donors (Lipinski definition) is 10. The van der Waals surface area contributed by atoms with E-state index in [4.69, 9.17) is 4.74 Å². The van der Waals surface area contributed by atoms with Crippen LogP contribution in [-0.2, 0) is 72.8 Å². The monoisotopic (exact) mass is 1100 g/mol. The van der Waals surface area contributed by atoms with Crippen molar-refractivity contribution in [2.45, 2.75) is 141 Å². The number of alkyl carbamates (subject to hydrolysis) is 1. The lowest BCUT2D eigenvalue weighted by Crippen LogP contribution is -2.59. The van der Waals surface area contributed by atoms with Gasteiger partial charge in [0.2, 0.25) is 41.4 Å². The van der Waals surface area contributed by atoms with Gasteiger partial charge in [-0.3, -0.25) is 38.4 Å². The molecule has 4 aromatic rings. The van der Waals surface area contributed by atoms with E-state index in [1.54, 1.807) is 81.6 Å². The van der Waals surface area contributed by atoms with Crippen molar-refractivity contribution in [1.29, 1.82) is 0 Å². The number of carbonyl (C=O) groups excluding carboxylic acids is 8. The number of nitrogens with one attached hydrogen (secondary N) is 9. The zero-order valence-corrected chi connectivity index (χ0v) is 45.2. The Hall–Kier alpha value is -8.06. The van der Waals surface area contributed by atoms with Crippen molar-refractivity contribution in [2.24, 2.45) is 0 Å². The second-order valence-corrected chi connectivity index (χ2v) is 20.4. The number of ether oxygens (including phenoxy) is 1. The van der Waals surface area contributed by atoms with Crippen molar-refractivity contribution < 1.29 is 70.1 Å². The lowest BCUT2D eigenvalue weighted by molar-refractivity contribution is -0.141. The summed E-state index contributed by atoms with van der Waals surface area (Å²) in [5, 5.41) is 30.9. The number of benzene rings is 3. The first-order chi connectivity index (χ1) is 36.9. The SMILES string of the molecule is CCCC[C@H](NC(=O)[C@H](Cc1ccc(OS(=O)(=O)[O-])cc1)NC(=O)OC(C)(C)C)C(=O)NCC(=O)N[C@@H](Cc1c[nH]c2ccccc12)C(=O)N[C@@H](CCCC)C(=O)N[C@@H](CC(=O)O)C(=O)N[C@@H](Cc1ccccc1)C(=O)NC. The van der Waals surface area contributed by atoms with Gasteiger partial charge in [0.1, 0.15) is 47.6 Å². The van der Waals surface area contributed by atoms with Crippen molar-refractivity contribution in [3.63, 3.8) is 0 Å². The van der Waals surface area contributed by atoms with E-state index in [1.807, 2.05) is 13.8 Å². The molecule has 25 heteroatoms. The molecule has 0 aliphatic carbocycles. The van der Waals surface area contributed by atoms with E-state index in [-0.39, 0.29) is 37.9 Å². The van der Waals surface area contributed by atoms with Crippen LogP contribution in [0.1, 0.15) is 96.3 Å². The third kappa shape index (κ3) is 21.5. The van der Waals surface area contributed by atoms with Crippen LogP contribution >= 0.6 is 0 Å². The summed E-state index contributed by atoms with van der Waals surface area (Å²) in [6.45, 7) is 7.81. The maximum absolute atomic E-state index is 14.4. The van der Waals surface area contributed by atoms with Crippen LogP contribution in [0.3, 0.4) is 0 Å². The molecule has 0 spiro atoms. The maximum Gasteiger partial charge on any atom is 0.408 e. The number of unbranched alkanes of at least 4 members (excludes halogenated alkanes) is 2. The van der Waals surface area contributed by atoms with E-state index >= 15 is 0 Å². The minimum atomic E-state index is -5.07. The smallest absolute Gasteiger partial charge is 0.408 e. The standard InChI is InChI=1S/C53H71N9O15S/c1-7-9-19-38(58-49(69)41(62-52(72)76-53(3,4)5)27-33-22-24-35(25-23-33)77-78(73,74)75)47(67)56-31-44(63)57-42(28-34-30-55-37-21-15-14-18-36(34)37)50(70)59-39(20-10-8-2)48(68)61-43(29-45(64)65)51(71)60-40(46(66)54-6)26-32-16-12-11-13-17-32/h11-18,21-25,30,38-43,55H,7-10,19-20,26-29,31H2,1-6H3,(H,54,66)(H,56,67)(H,57,63)(H,58,69)(H,59,70)(H,60,71)(H,61,68)(H,62,72)(H,64,65)(H,73,74,75)/p-1/t38-,39-,40-,41-,42-,43-/m0/s1. The van der Waals surface area contributed by atoms with Crippen LogP contribution < -0.4 is 46.7 Å². The second kappa shape index (κ2) is 30.0. The van der Waals surface area contributed by atoms with E-state index in [9.17, 15) is 61.2 Å². The highest BCUT2D eigenvalue weighted by atomic mass is 32.3. The quantitative estimate of drug-likeness (QED) is 0.0264. The van der Waals surface area contributed by atoms with E-state index in [0.29, 0.717) is 42.4 Å². The number of carbonyl (C=O) groups is 9. The van der Waals surface area contributed by atoms with Crippen LogP contribution in [0.15, 0.2) is 85.1 Å². The normalized spacial score (nSPS) is 13.7. The first-order valence-corrected chi connectivity index (χ1v) is 26.8. The van der Waals surface area contributed by atoms with Gasteiger partial charge in [0.05, 0.1) is 13.0 Å². The van der Waals surface area contributed by atoms with Gasteiger partial charge in [-0.2, -0.15) is 0 Å². The molecule has 0 radical (unpaired) electrons. The summed E-state index contributed by atoms with van der Waals surface area (Å²) in [5.74, 6) is -7.48. The van der Waals surface area contributed by atoms with Gasteiger partial charge in [-0.1, -0.05) is 100 Å². The molecule has 24 nitrogen and oxygen atoms in total. The third-order valence-corrected chi connectivity index (χ3v) is 12.3. The highest BCUT2D eigenvalue weighted by Gasteiger charge is 2.34. The van der Waals surface area contributed by atoms with Crippen molar-refractivity contribution in [2.75, 3.05) is 13.6 Å². The van der Waals surface area contributed by atoms with Gasteiger partial charge in [-0.05, 0) is 68.5 Å². The predicted molar refractivity (Wildman–Crippen MR) is 284 cm³/mol. The fourth-order valence-corrected chi connectivity index (χ4v) is 8.37. The Kier molecular flexibility index (Phi) is 24.1. The van der Waals surface area contributed by atoms with Gasteiger partial charge in [0, 0.05) is 43.4 Å². The van der Waals surface area contributed by atoms with Gasteiger partial charge in [0.25, 0.3) is 10.4 Å². The Balaban J connectivity index is 1.54. The van der Waals surface area contributed by atoms with Gasteiger partial charge in [-0.25, -0.2) is 13.2 Å². The Morgan fingerprint density at radius 3 is 1.68 bits per heavy atom. The van der Waals surface area contributed by atoms with Crippen LogP contribution in [0.5, 0.6) is 5.75 Å². The number of hydrogen-bond acceptors (Lipinski definition) is 14. The van der Waals surface area contributed by atoms with Crippen molar-refractivity contribution in [3.8, 4) is 5.75 Å². The maximum atomic E-state index is 14.4. The van der Waals surface area contributed by atoms with E-state index in [2.05, 4.69) is 51.7 Å². The molecule has 0 aliphatic heterocycles. The molecule has 3 aromatic carbocycles. The summed E-state index contributed by atoms with van der Waals surface area (Å²) in [6.07, 6.45) is 1.64. The Bertz CT molecular complexity index is 2820. The molecule has 10 N–H and O–H groups in total. The fourth-order valence-electron chi connectivity index (χ4n) is 8.02. The molecule has 78 heavy (non-hydrogen) atoms. The molecule has 0 aliphatic rings. The largest absolute Gasteiger partial charge is 0.716 e. The number of aliphatic carboxylic acids is 1. The average molecular weight is 1110 g/mol. The summed E-state index contributed by atoms with van der Waals surface area (Å²) < 4.78 is 43.0. The Morgan fingerprint density at radius 2 is 1.12 bits per heavy atom. The average Bonchev–Trinajstić information content (AvgIpc) is 3.81. The first kappa shape index (κ1) is 62.5. The summed E-state index contributed by atoms with van der Waals surface area (Å²) in [6, 6.07) is 12.8. The molecular weight excluding hydrogens is 1030 g/mol.